The van der Waals surface area contributed by atoms with Crippen LogP contribution in [0, 0.1) is 31.1 Å². The summed E-state index contributed by atoms with van der Waals surface area (Å²) in [6.45, 7) is 11.4. The maximum absolute atomic E-state index is 10.0. The molecule has 0 amide bonds. The number of rotatable bonds is 4. The molecule has 0 bridgehead atoms. The van der Waals surface area contributed by atoms with Gasteiger partial charge in [-0.3, -0.25) is 19.2 Å². The van der Waals surface area contributed by atoms with Crippen molar-refractivity contribution in [1.82, 2.24) is 0 Å². The number of aliphatic hydroxyl groups is 4. The molecular formula is C20H32O8U. The summed E-state index contributed by atoms with van der Waals surface area (Å²) in [6, 6.07) is 0. The minimum absolute atomic E-state index is 0. The molecule has 0 aliphatic carbocycles. The van der Waals surface area contributed by atoms with Crippen LogP contribution in [-0.4, -0.2) is 43.6 Å². The number of carbonyl (C=O) groups excluding carboxylic acids is 4. The molecule has 0 aromatic rings. The van der Waals surface area contributed by atoms with Gasteiger partial charge < -0.3 is 20.4 Å². The maximum atomic E-state index is 10.0. The van der Waals surface area contributed by atoms with Crippen molar-refractivity contribution < 1.29 is 70.7 Å². The van der Waals surface area contributed by atoms with E-state index in [9.17, 15) is 19.2 Å². The van der Waals surface area contributed by atoms with E-state index >= 15 is 0 Å². The third-order valence-electron chi connectivity index (χ3n) is 1.65. The molecule has 0 heterocycles. The smallest absolute Gasteiger partial charge is 0.155 e. The summed E-state index contributed by atoms with van der Waals surface area (Å²) in [5, 5.41) is 33.5. The Bertz CT molecular complexity index is 513. The molecule has 0 aromatic carbocycles. The first-order valence-corrected chi connectivity index (χ1v) is 8.02. The summed E-state index contributed by atoms with van der Waals surface area (Å²) in [5.74, 6) is -0.250. The van der Waals surface area contributed by atoms with Gasteiger partial charge >= 0.3 is 0 Å². The molecule has 4 N–H and O–H groups in total. The normalized spacial score (nSPS) is 11.0. The summed E-state index contributed by atoms with van der Waals surface area (Å²) in [6.07, 6.45) is 4.67. The minimum atomic E-state index is -0.125. The third kappa shape index (κ3) is 76.6. The average Bonchev–Trinajstić information content (AvgIpc) is 2.32. The summed E-state index contributed by atoms with van der Waals surface area (Å²) in [4.78, 5) is 40.1. The van der Waals surface area contributed by atoms with Gasteiger partial charge in [0.1, 0.15) is 0 Å². The summed E-state index contributed by atoms with van der Waals surface area (Å²) >= 11 is 0. The number of ketones is 4. The first-order chi connectivity index (χ1) is 12.5. The largest absolute Gasteiger partial charge is 0.512 e. The fourth-order valence-corrected chi connectivity index (χ4v) is 1.18. The second-order valence-electron chi connectivity index (χ2n) is 5.59. The molecule has 0 saturated heterocycles. The van der Waals surface area contributed by atoms with Crippen LogP contribution in [0.25, 0.3) is 0 Å². The van der Waals surface area contributed by atoms with Crippen LogP contribution in [0.15, 0.2) is 47.3 Å². The van der Waals surface area contributed by atoms with Crippen LogP contribution in [-0.2, 0) is 19.2 Å². The predicted octanol–water partition coefficient (Wildman–Crippen LogP) is 4.15. The van der Waals surface area contributed by atoms with E-state index in [0.717, 1.165) is 0 Å². The molecule has 0 unspecified atom stereocenters. The standard InChI is InChI=1S/4C5H8O2.U/c4*1-4(6)3-5(2)7;/h4*3,6H,1-2H3;/b4*4-3-;. The number of carbonyl (C=O) groups is 4. The molecule has 0 aliphatic heterocycles. The van der Waals surface area contributed by atoms with E-state index in [1.807, 2.05) is 0 Å². The van der Waals surface area contributed by atoms with E-state index in [-0.39, 0.29) is 77.3 Å². The van der Waals surface area contributed by atoms with Crippen LogP contribution in [0.3, 0.4) is 0 Å². The van der Waals surface area contributed by atoms with Crippen LogP contribution in [0.1, 0.15) is 55.4 Å². The van der Waals surface area contributed by atoms with Gasteiger partial charge in [0.15, 0.2) is 23.1 Å². The topological polar surface area (TPSA) is 149 Å². The van der Waals surface area contributed by atoms with Gasteiger partial charge in [0.2, 0.25) is 0 Å². The van der Waals surface area contributed by atoms with Crippen molar-refractivity contribution in [3.05, 3.63) is 47.3 Å². The zero-order chi connectivity index (χ0) is 23.4. The van der Waals surface area contributed by atoms with E-state index in [1.54, 1.807) is 0 Å². The average molecular weight is 638 g/mol. The van der Waals surface area contributed by atoms with Crippen LogP contribution in [0.5, 0.6) is 0 Å². The van der Waals surface area contributed by atoms with Crippen molar-refractivity contribution in [2.45, 2.75) is 55.4 Å². The second-order valence-corrected chi connectivity index (χ2v) is 5.59. The van der Waals surface area contributed by atoms with E-state index in [4.69, 9.17) is 20.4 Å². The Morgan fingerprint density at radius 2 is 0.517 bits per heavy atom. The van der Waals surface area contributed by atoms with Gasteiger partial charge in [0, 0.05) is 55.4 Å². The van der Waals surface area contributed by atoms with E-state index in [1.165, 1.54) is 79.7 Å². The molecule has 29 heavy (non-hydrogen) atoms. The quantitative estimate of drug-likeness (QED) is 0.265. The maximum Gasteiger partial charge on any atom is 0.155 e. The van der Waals surface area contributed by atoms with Gasteiger partial charge in [-0.05, 0) is 55.4 Å². The number of hydrogen-bond acceptors (Lipinski definition) is 8. The Kier molecular flexibility index (Phi) is 31.0. The van der Waals surface area contributed by atoms with Crippen molar-refractivity contribution in [2.24, 2.45) is 0 Å². The van der Waals surface area contributed by atoms with Crippen molar-refractivity contribution in [1.29, 1.82) is 0 Å². The van der Waals surface area contributed by atoms with Gasteiger partial charge in [-0.25, -0.2) is 0 Å². The number of hydrogen-bond donors (Lipinski definition) is 4. The Balaban J connectivity index is -0.0000000873. The molecule has 164 valence electrons. The first kappa shape index (κ1) is 37.6. The Labute approximate surface area is 196 Å². The Hall–Kier alpha value is -2.11. The molecule has 0 fully saturated rings. The van der Waals surface area contributed by atoms with E-state index < -0.39 is 0 Å². The fourth-order valence-electron chi connectivity index (χ4n) is 1.18. The van der Waals surface area contributed by atoms with Gasteiger partial charge in [-0.1, -0.05) is 0 Å². The molecule has 8 nitrogen and oxygen atoms in total. The van der Waals surface area contributed by atoms with Crippen molar-refractivity contribution in [3.63, 3.8) is 0 Å². The predicted molar refractivity (Wildman–Crippen MR) is 108 cm³/mol. The molecule has 0 saturated carbocycles. The number of allylic oxidation sites excluding steroid dienone is 8. The van der Waals surface area contributed by atoms with Crippen molar-refractivity contribution in [3.8, 4) is 0 Å². The second kappa shape index (κ2) is 23.9. The SMILES string of the molecule is CC(=O)/C=C(/C)O.CC(=O)/C=C(/C)O.CC(=O)/C=C(/C)O.CC(=O)/C=C(/C)O.[U]. The molecular weight excluding hydrogens is 606 g/mol. The number of aliphatic hydroxyl groups excluding tert-OH is 4. The summed E-state index contributed by atoms with van der Waals surface area (Å²) < 4.78 is 0. The van der Waals surface area contributed by atoms with Crippen LogP contribution in [0.2, 0.25) is 0 Å². The Morgan fingerprint density at radius 1 is 0.414 bits per heavy atom. The molecule has 9 heteroatoms. The molecule has 0 spiro atoms. The van der Waals surface area contributed by atoms with Gasteiger partial charge in [-0.15, -0.1) is 0 Å². The van der Waals surface area contributed by atoms with E-state index in [2.05, 4.69) is 0 Å². The monoisotopic (exact) mass is 638 g/mol. The van der Waals surface area contributed by atoms with Crippen molar-refractivity contribution >= 4 is 23.1 Å². The van der Waals surface area contributed by atoms with E-state index in [0.29, 0.717) is 0 Å². The van der Waals surface area contributed by atoms with Gasteiger partial charge in [0.05, 0.1) is 23.0 Å². The molecule has 0 radical (unpaired) electrons. The Morgan fingerprint density at radius 3 is 0.517 bits per heavy atom. The van der Waals surface area contributed by atoms with Crippen molar-refractivity contribution in [2.75, 3.05) is 0 Å². The molecule has 0 rings (SSSR count). The zero-order valence-electron chi connectivity index (χ0n) is 18.2. The van der Waals surface area contributed by atoms with Crippen LogP contribution in [0.4, 0.5) is 0 Å². The third-order valence-corrected chi connectivity index (χ3v) is 1.65. The molecule has 0 aromatic heterocycles. The fraction of sp³-hybridized carbons (Fsp3) is 0.400. The van der Waals surface area contributed by atoms with Crippen LogP contribution >= 0.6 is 0 Å². The molecule has 0 atom stereocenters. The van der Waals surface area contributed by atoms with Crippen LogP contribution < -0.4 is 0 Å². The summed E-state index contributed by atoms with van der Waals surface area (Å²) in [7, 11) is 0. The zero-order valence-corrected chi connectivity index (χ0v) is 22.4. The summed E-state index contributed by atoms with van der Waals surface area (Å²) in [5.41, 5.74) is 0. The van der Waals surface area contributed by atoms with Gasteiger partial charge in [-0.2, -0.15) is 0 Å². The van der Waals surface area contributed by atoms with Gasteiger partial charge in [0.25, 0.3) is 0 Å². The molecule has 0 aliphatic rings. The first-order valence-electron chi connectivity index (χ1n) is 8.02. The minimum Gasteiger partial charge on any atom is -0.512 e.